The number of imidazole rings is 1. The minimum Gasteiger partial charge on any atom is -0.494 e. The molecule has 1 heterocycles. The molecule has 2 fully saturated rings. The van der Waals surface area contributed by atoms with Crippen LogP contribution in [0.25, 0.3) is 11.0 Å². The number of halogens is 2. The SMILES string of the molecule is COc1cc2c(cc1F)nc(CCl)n2CC1(C2CC2)CC1. The van der Waals surface area contributed by atoms with Crippen molar-refractivity contribution in [1.29, 1.82) is 0 Å². The number of alkyl halides is 1. The molecular weight excluding hydrogens is 291 g/mol. The zero-order chi connectivity index (χ0) is 14.6. The van der Waals surface area contributed by atoms with Crippen LogP contribution in [0.15, 0.2) is 12.1 Å². The number of fused-ring (bicyclic) bond motifs is 1. The Kier molecular flexibility index (Phi) is 2.93. The molecule has 0 N–H and O–H groups in total. The summed E-state index contributed by atoms with van der Waals surface area (Å²) in [6, 6.07) is 3.19. The summed E-state index contributed by atoms with van der Waals surface area (Å²) in [5.41, 5.74) is 2.03. The maximum absolute atomic E-state index is 13.8. The van der Waals surface area contributed by atoms with Crippen molar-refractivity contribution in [3.63, 3.8) is 0 Å². The summed E-state index contributed by atoms with van der Waals surface area (Å²) >= 11 is 6.05. The average Bonchev–Trinajstić information content (AvgIpc) is 3.36. The highest BCUT2D eigenvalue weighted by molar-refractivity contribution is 6.16. The molecule has 0 amide bonds. The topological polar surface area (TPSA) is 27.1 Å². The molecule has 0 radical (unpaired) electrons. The van der Waals surface area contributed by atoms with Gasteiger partial charge in [-0.2, -0.15) is 0 Å². The van der Waals surface area contributed by atoms with E-state index in [-0.39, 0.29) is 11.6 Å². The molecule has 0 aliphatic heterocycles. The van der Waals surface area contributed by atoms with Crippen molar-refractivity contribution in [2.75, 3.05) is 7.11 Å². The fourth-order valence-electron chi connectivity index (χ4n) is 3.48. The Morgan fingerprint density at radius 2 is 2.19 bits per heavy atom. The number of benzene rings is 1. The molecular formula is C16H18ClFN2O. The number of methoxy groups -OCH3 is 1. The highest BCUT2D eigenvalue weighted by Gasteiger charge is 2.54. The Balaban J connectivity index is 1.81. The lowest BCUT2D eigenvalue weighted by Gasteiger charge is -2.17. The number of ether oxygens (including phenoxy) is 1. The summed E-state index contributed by atoms with van der Waals surface area (Å²) in [5, 5.41) is 0. The molecule has 2 aliphatic carbocycles. The number of hydrogen-bond donors (Lipinski definition) is 0. The first kappa shape index (κ1) is 13.4. The Morgan fingerprint density at radius 1 is 1.43 bits per heavy atom. The largest absolute Gasteiger partial charge is 0.494 e. The van der Waals surface area contributed by atoms with E-state index in [0.717, 1.165) is 23.8 Å². The van der Waals surface area contributed by atoms with E-state index >= 15 is 0 Å². The van der Waals surface area contributed by atoms with Crippen molar-refractivity contribution in [2.24, 2.45) is 11.3 Å². The second kappa shape index (κ2) is 4.60. The highest BCUT2D eigenvalue weighted by Crippen LogP contribution is 2.62. The zero-order valence-electron chi connectivity index (χ0n) is 12.0. The van der Waals surface area contributed by atoms with Crippen LogP contribution in [-0.4, -0.2) is 16.7 Å². The van der Waals surface area contributed by atoms with Gasteiger partial charge in [0.1, 0.15) is 5.82 Å². The fraction of sp³-hybridized carbons (Fsp3) is 0.562. The third-order valence-electron chi connectivity index (χ3n) is 5.03. The van der Waals surface area contributed by atoms with Gasteiger partial charge in [-0.1, -0.05) is 0 Å². The van der Waals surface area contributed by atoms with E-state index in [4.69, 9.17) is 16.3 Å². The van der Waals surface area contributed by atoms with Crippen LogP contribution in [0, 0.1) is 17.2 Å². The normalized spacial score (nSPS) is 20.0. The molecule has 4 rings (SSSR count). The molecule has 0 bridgehead atoms. The Morgan fingerprint density at radius 3 is 2.76 bits per heavy atom. The van der Waals surface area contributed by atoms with Crippen molar-refractivity contribution >= 4 is 22.6 Å². The molecule has 21 heavy (non-hydrogen) atoms. The third-order valence-corrected chi connectivity index (χ3v) is 5.27. The van der Waals surface area contributed by atoms with Gasteiger partial charge in [-0.15, -0.1) is 11.6 Å². The van der Waals surface area contributed by atoms with Crippen LogP contribution in [0.2, 0.25) is 0 Å². The summed E-state index contributed by atoms with van der Waals surface area (Å²) in [6.45, 7) is 0.949. The van der Waals surface area contributed by atoms with Crippen LogP contribution in [0.4, 0.5) is 4.39 Å². The Labute approximate surface area is 128 Å². The summed E-state index contributed by atoms with van der Waals surface area (Å²) in [7, 11) is 1.49. The number of rotatable bonds is 5. The van der Waals surface area contributed by atoms with E-state index in [2.05, 4.69) is 9.55 Å². The lowest BCUT2D eigenvalue weighted by molar-refractivity contribution is 0.369. The smallest absolute Gasteiger partial charge is 0.167 e. The maximum atomic E-state index is 13.8. The van der Waals surface area contributed by atoms with E-state index in [0.29, 0.717) is 16.8 Å². The van der Waals surface area contributed by atoms with Crippen molar-refractivity contribution in [3.05, 3.63) is 23.8 Å². The molecule has 5 heteroatoms. The summed E-state index contributed by atoms with van der Waals surface area (Å²) in [5.74, 6) is 1.92. The van der Waals surface area contributed by atoms with Crippen molar-refractivity contribution in [3.8, 4) is 5.75 Å². The summed E-state index contributed by atoms with van der Waals surface area (Å²) < 4.78 is 21.1. The van der Waals surface area contributed by atoms with Gasteiger partial charge in [0.05, 0.1) is 24.0 Å². The van der Waals surface area contributed by atoms with Crippen molar-refractivity contribution < 1.29 is 9.13 Å². The molecule has 3 nitrogen and oxygen atoms in total. The van der Waals surface area contributed by atoms with Crippen molar-refractivity contribution in [1.82, 2.24) is 9.55 Å². The van der Waals surface area contributed by atoms with Gasteiger partial charge in [0.25, 0.3) is 0 Å². The zero-order valence-corrected chi connectivity index (χ0v) is 12.8. The van der Waals surface area contributed by atoms with Crippen molar-refractivity contribution in [2.45, 2.75) is 38.1 Å². The molecule has 0 atom stereocenters. The molecule has 112 valence electrons. The van der Waals surface area contributed by atoms with E-state index in [9.17, 15) is 4.39 Å². The second-order valence-corrected chi connectivity index (χ2v) is 6.63. The van der Waals surface area contributed by atoms with Gasteiger partial charge in [-0.25, -0.2) is 9.37 Å². The highest BCUT2D eigenvalue weighted by atomic mass is 35.5. The van der Waals surface area contributed by atoms with E-state index in [1.807, 2.05) is 0 Å². The Bertz CT molecular complexity index is 704. The van der Waals surface area contributed by atoms with Gasteiger partial charge in [0.15, 0.2) is 11.6 Å². The Hall–Kier alpha value is -1.29. The quantitative estimate of drug-likeness (QED) is 0.777. The molecule has 1 aromatic heterocycles. The standard InChI is InChI=1S/C16H18ClFN2O/c1-21-14-7-13-12(6-11(14)18)19-15(8-17)20(13)9-16(4-5-16)10-2-3-10/h6-7,10H,2-5,8-9H2,1H3. The maximum Gasteiger partial charge on any atom is 0.167 e. The first-order valence-electron chi connectivity index (χ1n) is 7.45. The van der Waals surface area contributed by atoms with Crippen LogP contribution in [0.5, 0.6) is 5.75 Å². The molecule has 0 saturated heterocycles. The monoisotopic (exact) mass is 308 g/mol. The lowest BCUT2D eigenvalue weighted by Crippen LogP contribution is -2.15. The van der Waals surface area contributed by atoms with E-state index < -0.39 is 0 Å². The molecule has 0 unspecified atom stereocenters. The minimum absolute atomic E-state index is 0.265. The summed E-state index contributed by atoms with van der Waals surface area (Å²) in [4.78, 5) is 4.49. The first-order chi connectivity index (χ1) is 10.2. The molecule has 1 aromatic carbocycles. The number of nitrogens with zero attached hydrogens (tertiary/aromatic N) is 2. The predicted molar refractivity (Wildman–Crippen MR) is 80.2 cm³/mol. The van der Waals surface area contributed by atoms with Gasteiger partial charge in [-0.3, -0.25) is 0 Å². The molecule has 2 aromatic rings. The summed E-state index contributed by atoms with van der Waals surface area (Å²) in [6.07, 6.45) is 5.27. The molecule has 2 saturated carbocycles. The lowest BCUT2D eigenvalue weighted by atomic mass is 10.0. The van der Waals surface area contributed by atoms with Crippen LogP contribution in [0.3, 0.4) is 0 Å². The predicted octanol–water partition coefficient (Wildman–Crippen LogP) is 4.11. The fourth-order valence-corrected chi connectivity index (χ4v) is 3.68. The van der Waals surface area contributed by atoms with Crippen LogP contribution >= 0.6 is 11.6 Å². The average molecular weight is 309 g/mol. The van der Waals surface area contributed by atoms with Crippen LogP contribution < -0.4 is 4.74 Å². The first-order valence-corrected chi connectivity index (χ1v) is 7.99. The van der Waals surface area contributed by atoms with E-state index in [1.54, 1.807) is 6.07 Å². The van der Waals surface area contributed by atoms with Gasteiger partial charge in [-0.05, 0) is 37.0 Å². The molecule has 2 aliphatic rings. The van der Waals surface area contributed by atoms with Gasteiger partial charge >= 0.3 is 0 Å². The molecule has 0 spiro atoms. The van der Waals surface area contributed by atoms with E-state index in [1.165, 1.54) is 38.9 Å². The van der Waals surface area contributed by atoms with Gasteiger partial charge in [0.2, 0.25) is 0 Å². The third kappa shape index (κ3) is 2.11. The number of hydrogen-bond acceptors (Lipinski definition) is 2. The second-order valence-electron chi connectivity index (χ2n) is 6.36. The van der Waals surface area contributed by atoms with Crippen LogP contribution in [-0.2, 0) is 12.4 Å². The van der Waals surface area contributed by atoms with Gasteiger partial charge < -0.3 is 9.30 Å². The number of aromatic nitrogens is 2. The van der Waals surface area contributed by atoms with Gasteiger partial charge in [0, 0.05) is 18.7 Å². The van der Waals surface area contributed by atoms with Crippen LogP contribution in [0.1, 0.15) is 31.5 Å². The minimum atomic E-state index is -0.376.